The summed E-state index contributed by atoms with van der Waals surface area (Å²) in [6.45, 7) is 10.4. The van der Waals surface area contributed by atoms with E-state index in [1.807, 2.05) is 47.9 Å². The largest absolute Gasteiger partial charge is 0.497 e. The van der Waals surface area contributed by atoms with Gasteiger partial charge in [-0.3, -0.25) is 4.40 Å². The Kier molecular flexibility index (Phi) is 8.20. The summed E-state index contributed by atoms with van der Waals surface area (Å²) < 4.78 is 7.01. The Bertz CT molecular complexity index is 987. The lowest BCUT2D eigenvalue weighted by molar-refractivity contribution is 0.414. The number of ether oxygens (including phenoxy) is 1. The van der Waals surface area contributed by atoms with Gasteiger partial charge in [0.25, 0.3) is 0 Å². The van der Waals surface area contributed by atoms with Crippen LogP contribution in [0.25, 0.3) is 17.0 Å². The first-order valence-corrected chi connectivity index (χ1v) is 10.3. The van der Waals surface area contributed by atoms with Crippen molar-refractivity contribution in [3.63, 3.8) is 0 Å². The van der Waals surface area contributed by atoms with Gasteiger partial charge in [0, 0.05) is 28.2 Å². The summed E-state index contributed by atoms with van der Waals surface area (Å²) in [5.41, 5.74) is 4.65. The van der Waals surface area contributed by atoms with E-state index in [9.17, 15) is 0 Å². The third kappa shape index (κ3) is 5.67. The fraction of sp³-hybridized carbons (Fsp3) is 0.304. The second-order valence-electron chi connectivity index (χ2n) is 6.51. The number of imidazole rings is 1. The molecular weight excluding hydrogens is 366 g/mol. The Morgan fingerprint density at radius 1 is 1.07 bits per heavy atom. The van der Waals surface area contributed by atoms with Crippen molar-refractivity contribution < 1.29 is 4.74 Å². The molecular formula is C23H29N3OS. The van der Waals surface area contributed by atoms with Crippen LogP contribution in [-0.2, 0) is 0 Å². The smallest absolute Gasteiger partial charge is 0.234 e. The van der Waals surface area contributed by atoms with Crippen LogP contribution in [0.2, 0.25) is 0 Å². The summed E-state index contributed by atoms with van der Waals surface area (Å²) >= 11 is 1.76. The fourth-order valence-corrected chi connectivity index (χ4v) is 3.28. The Hall–Kier alpha value is -2.66. The van der Waals surface area contributed by atoms with Crippen LogP contribution in [-0.4, -0.2) is 21.5 Å². The van der Waals surface area contributed by atoms with E-state index >= 15 is 0 Å². The molecule has 0 unspecified atom stereocenters. The highest BCUT2D eigenvalue weighted by Gasteiger charge is 2.11. The van der Waals surface area contributed by atoms with Gasteiger partial charge in [0.05, 0.1) is 18.5 Å². The van der Waals surface area contributed by atoms with Crippen molar-refractivity contribution in [2.75, 3.05) is 7.11 Å². The van der Waals surface area contributed by atoms with E-state index in [0.717, 1.165) is 22.9 Å². The van der Waals surface area contributed by atoms with Gasteiger partial charge >= 0.3 is 0 Å². The normalized spacial score (nSPS) is 9.93. The Morgan fingerprint density at radius 2 is 1.75 bits per heavy atom. The maximum atomic E-state index is 4.97. The molecule has 4 aromatic rings. The number of rotatable bonds is 2. The molecule has 1 aromatic carbocycles. The minimum absolute atomic E-state index is 0.763. The van der Waals surface area contributed by atoms with Crippen molar-refractivity contribution in [2.24, 2.45) is 0 Å². The number of thiophene rings is 1. The lowest BCUT2D eigenvalue weighted by atomic mass is 10.2. The third-order valence-electron chi connectivity index (χ3n) is 3.84. The van der Waals surface area contributed by atoms with E-state index < -0.39 is 0 Å². The van der Waals surface area contributed by atoms with E-state index in [1.54, 1.807) is 24.6 Å². The lowest BCUT2D eigenvalue weighted by Gasteiger charge is -1.98. The van der Waals surface area contributed by atoms with Crippen molar-refractivity contribution in [3.05, 3.63) is 70.3 Å². The molecule has 3 aromatic heterocycles. The summed E-state index contributed by atoms with van der Waals surface area (Å²) in [7, 11) is 1.67. The summed E-state index contributed by atoms with van der Waals surface area (Å²) in [5.74, 6) is 1.68. The van der Waals surface area contributed by atoms with Gasteiger partial charge in [-0.25, -0.2) is 9.97 Å². The SMILES string of the molecule is CCC.COc1ccc(C)cc1.Cc1cc(-c2c(C)nc3ncccn23)cs1. The molecule has 0 fully saturated rings. The van der Waals surface area contributed by atoms with E-state index in [-0.39, 0.29) is 0 Å². The van der Waals surface area contributed by atoms with Crippen LogP contribution in [0.4, 0.5) is 0 Å². The van der Waals surface area contributed by atoms with Crippen LogP contribution in [0.5, 0.6) is 5.75 Å². The quantitative estimate of drug-likeness (QED) is 0.389. The summed E-state index contributed by atoms with van der Waals surface area (Å²) in [6, 6.07) is 12.1. The zero-order valence-corrected chi connectivity index (χ0v) is 18.4. The van der Waals surface area contributed by atoms with Gasteiger partial charge in [-0.2, -0.15) is 0 Å². The third-order valence-corrected chi connectivity index (χ3v) is 4.70. The van der Waals surface area contributed by atoms with Crippen molar-refractivity contribution in [3.8, 4) is 17.0 Å². The van der Waals surface area contributed by atoms with E-state index in [1.165, 1.54) is 22.4 Å². The highest BCUT2D eigenvalue weighted by molar-refractivity contribution is 7.10. The minimum atomic E-state index is 0.763. The lowest BCUT2D eigenvalue weighted by Crippen LogP contribution is -1.88. The molecule has 5 heteroatoms. The molecule has 3 heterocycles. The maximum Gasteiger partial charge on any atom is 0.234 e. The van der Waals surface area contributed by atoms with E-state index in [4.69, 9.17) is 4.74 Å². The van der Waals surface area contributed by atoms with Gasteiger partial charge < -0.3 is 4.74 Å². The molecule has 0 aliphatic carbocycles. The number of fused-ring (bicyclic) bond motifs is 1. The molecule has 0 radical (unpaired) electrons. The highest BCUT2D eigenvalue weighted by Crippen LogP contribution is 2.28. The number of methoxy groups -OCH3 is 1. The molecule has 148 valence electrons. The van der Waals surface area contributed by atoms with Crippen LogP contribution in [0.15, 0.2) is 54.2 Å². The number of aromatic nitrogens is 3. The second kappa shape index (κ2) is 10.6. The topological polar surface area (TPSA) is 39.4 Å². The molecule has 4 nitrogen and oxygen atoms in total. The van der Waals surface area contributed by atoms with E-state index in [2.05, 4.69) is 49.1 Å². The zero-order valence-electron chi connectivity index (χ0n) is 17.6. The van der Waals surface area contributed by atoms with Crippen molar-refractivity contribution in [1.29, 1.82) is 0 Å². The average Bonchev–Trinajstić information content (AvgIpc) is 3.25. The maximum absolute atomic E-state index is 4.97. The first-order valence-electron chi connectivity index (χ1n) is 9.45. The van der Waals surface area contributed by atoms with Gasteiger partial charge in [-0.15, -0.1) is 11.3 Å². The molecule has 0 bridgehead atoms. The molecule has 0 amide bonds. The predicted molar refractivity (Wildman–Crippen MR) is 119 cm³/mol. The standard InChI is InChI=1S/C12H11N3S.C8H10O.C3H8/c1-8-6-10(7-16-8)11-9(2)14-12-13-4-3-5-15(11)12;1-7-3-5-8(9-2)6-4-7;1-3-2/h3-7H,1-2H3;3-6H,1-2H3;3H2,1-2H3. The highest BCUT2D eigenvalue weighted by atomic mass is 32.1. The van der Waals surface area contributed by atoms with Crippen LogP contribution in [0.1, 0.15) is 36.4 Å². The summed E-state index contributed by atoms with van der Waals surface area (Å²) in [6.07, 6.45) is 5.02. The number of aryl methyl sites for hydroxylation is 3. The van der Waals surface area contributed by atoms with E-state index in [0.29, 0.717) is 0 Å². The van der Waals surface area contributed by atoms with Gasteiger partial charge in [0.1, 0.15) is 5.75 Å². The molecule has 0 saturated heterocycles. The number of hydrogen-bond acceptors (Lipinski definition) is 4. The first kappa shape index (κ1) is 21.6. The first-order chi connectivity index (χ1) is 13.5. The number of hydrogen-bond donors (Lipinski definition) is 0. The van der Waals surface area contributed by atoms with Gasteiger partial charge in [-0.1, -0.05) is 38.0 Å². The fourth-order valence-electron chi connectivity index (χ4n) is 2.59. The Morgan fingerprint density at radius 3 is 2.32 bits per heavy atom. The monoisotopic (exact) mass is 395 g/mol. The zero-order chi connectivity index (χ0) is 20.5. The van der Waals surface area contributed by atoms with Crippen molar-refractivity contribution >= 4 is 17.1 Å². The van der Waals surface area contributed by atoms with Crippen molar-refractivity contribution in [1.82, 2.24) is 14.4 Å². The Labute approximate surface area is 171 Å². The molecule has 0 saturated carbocycles. The molecule has 0 N–H and O–H groups in total. The Balaban J connectivity index is 0.000000199. The molecule has 0 aliphatic rings. The molecule has 0 atom stereocenters. The predicted octanol–water partition coefficient (Wildman–Crippen LogP) is 6.49. The van der Waals surface area contributed by atoms with Crippen LogP contribution >= 0.6 is 11.3 Å². The van der Waals surface area contributed by atoms with Crippen LogP contribution in [0.3, 0.4) is 0 Å². The molecule has 0 aliphatic heterocycles. The molecule has 0 spiro atoms. The van der Waals surface area contributed by atoms with Crippen LogP contribution < -0.4 is 4.74 Å². The van der Waals surface area contributed by atoms with Crippen molar-refractivity contribution in [2.45, 2.75) is 41.0 Å². The van der Waals surface area contributed by atoms with Crippen LogP contribution in [0, 0.1) is 20.8 Å². The summed E-state index contributed by atoms with van der Waals surface area (Å²) in [5, 5.41) is 2.17. The molecule has 28 heavy (non-hydrogen) atoms. The number of benzene rings is 1. The minimum Gasteiger partial charge on any atom is -0.497 e. The van der Waals surface area contributed by atoms with Gasteiger partial charge in [-0.05, 0) is 45.0 Å². The van der Waals surface area contributed by atoms with Gasteiger partial charge in [0.2, 0.25) is 5.78 Å². The molecule has 4 rings (SSSR count). The number of nitrogens with zero attached hydrogens (tertiary/aromatic N) is 3. The second-order valence-corrected chi connectivity index (χ2v) is 7.62. The van der Waals surface area contributed by atoms with Gasteiger partial charge in [0.15, 0.2) is 0 Å². The average molecular weight is 396 g/mol. The summed E-state index contributed by atoms with van der Waals surface area (Å²) in [4.78, 5) is 10.0.